The van der Waals surface area contributed by atoms with Gasteiger partial charge in [0, 0.05) is 26.3 Å². The topological polar surface area (TPSA) is 74.6 Å². The van der Waals surface area contributed by atoms with E-state index in [1.54, 1.807) is 6.20 Å². The van der Waals surface area contributed by atoms with Gasteiger partial charge in [0.1, 0.15) is 11.4 Å². The molecule has 0 aromatic carbocycles. The van der Waals surface area contributed by atoms with Gasteiger partial charge in [-0.25, -0.2) is 4.68 Å². The molecule has 0 radical (unpaired) electrons. The number of aryl methyl sites for hydroxylation is 2. The zero-order chi connectivity index (χ0) is 13.0. The Morgan fingerprint density at radius 1 is 1.33 bits per heavy atom. The second-order valence-electron chi connectivity index (χ2n) is 4.36. The molecule has 0 atom stereocenters. The van der Waals surface area contributed by atoms with Crippen molar-refractivity contribution >= 4 is 0 Å². The van der Waals surface area contributed by atoms with Crippen molar-refractivity contribution in [3.8, 4) is 11.4 Å². The van der Waals surface area contributed by atoms with Gasteiger partial charge in [-0.1, -0.05) is 25.0 Å². The minimum absolute atomic E-state index is 0.397. The highest BCUT2D eigenvalue weighted by Crippen LogP contribution is 2.21. The molecule has 0 unspecified atom stereocenters. The van der Waals surface area contributed by atoms with Crippen LogP contribution in [0, 0.1) is 0 Å². The van der Waals surface area contributed by atoms with Gasteiger partial charge < -0.3 is 5.73 Å². The molecule has 2 rings (SSSR count). The van der Waals surface area contributed by atoms with E-state index < -0.39 is 0 Å². The predicted octanol–water partition coefficient (Wildman–Crippen LogP) is 1.33. The molecule has 2 heterocycles. The summed E-state index contributed by atoms with van der Waals surface area (Å²) in [6.45, 7) is 3.46. The molecule has 0 bridgehead atoms. The van der Waals surface area contributed by atoms with Crippen molar-refractivity contribution in [1.29, 1.82) is 0 Å². The van der Waals surface area contributed by atoms with E-state index in [1.165, 1.54) is 12.8 Å². The van der Waals surface area contributed by atoms with Gasteiger partial charge in [-0.05, 0) is 12.5 Å². The SMILES string of the molecule is CCCCCn1nnc(CN)c1-c1ccnn1C. The predicted molar refractivity (Wildman–Crippen MR) is 69.6 cm³/mol. The first-order chi connectivity index (χ1) is 8.77. The van der Waals surface area contributed by atoms with Gasteiger partial charge in [0.25, 0.3) is 0 Å². The summed E-state index contributed by atoms with van der Waals surface area (Å²) in [4.78, 5) is 0. The molecule has 0 saturated carbocycles. The highest BCUT2D eigenvalue weighted by atomic mass is 15.4. The van der Waals surface area contributed by atoms with E-state index in [-0.39, 0.29) is 0 Å². The fraction of sp³-hybridized carbons (Fsp3) is 0.583. The van der Waals surface area contributed by atoms with Crippen LogP contribution in [0.3, 0.4) is 0 Å². The lowest BCUT2D eigenvalue weighted by atomic mass is 10.2. The lowest BCUT2D eigenvalue weighted by molar-refractivity contribution is 0.539. The molecule has 98 valence electrons. The molecule has 0 amide bonds. The summed E-state index contributed by atoms with van der Waals surface area (Å²) in [7, 11) is 1.92. The average molecular weight is 248 g/mol. The van der Waals surface area contributed by atoms with Crippen LogP contribution in [0.4, 0.5) is 0 Å². The third-order valence-electron chi connectivity index (χ3n) is 3.04. The summed E-state index contributed by atoms with van der Waals surface area (Å²) in [5, 5.41) is 12.6. The smallest absolute Gasteiger partial charge is 0.111 e. The molecule has 2 aromatic rings. The molecule has 0 fully saturated rings. The monoisotopic (exact) mass is 248 g/mol. The van der Waals surface area contributed by atoms with Gasteiger partial charge in [-0.3, -0.25) is 4.68 Å². The maximum absolute atomic E-state index is 5.73. The maximum atomic E-state index is 5.73. The molecule has 18 heavy (non-hydrogen) atoms. The van der Waals surface area contributed by atoms with Gasteiger partial charge in [-0.15, -0.1) is 5.10 Å². The Morgan fingerprint density at radius 2 is 2.17 bits per heavy atom. The second-order valence-corrected chi connectivity index (χ2v) is 4.36. The molecule has 6 nitrogen and oxygen atoms in total. The van der Waals surface area contributed by atoms with E-state index in [2.05, 4.69) is 22.3 Å². The number of hydrogen-bond donors (Lipinski definition) is 1. The molecule has 0 aliphatic rings. The quantitative estimate of drug-likeness (QED) is 0.782. The van der Waals surface area contributed by atoms with Gasteiger partial charge >= 0.3 is 0 Å². The molecule has 0 aliphatic carbocycles. The summed E-state index contributed by atoms with van der Waals surface area (Å²) < 4.78 is 3.77. The van der Waals surface area contributed by atoms with Crippen LogP contribution in [-0.2, 0) is 20.1 Å². The van der Waals surface area contributed by atoms with Gasteiger partial charge in [0.05, 0.1) is 5.69 Å². The van der Waals surface area contributed by atoms with Crippen LogP contribution >= 0.6 is 0 Å². The Balaban J connectivity index is 2.31. The zero-order valence-electron chi connectivity index (χ0n) is 11.0. The summed E-state index contributed by atoms with van der Waals surface area (Å²) in [6, 6.07) is 1.97. The van der Waals surface area contributed by atoms with E-state index in [0.29, 0.717) is 6.54 Å². The van der Waals surface area contributed by atoms with Crippen LogP contribution in [0.2, 0.25) is 0 Å². The molecule has 6 heteroatoms. The van der Waals surface area contributed by atoms with Crippen molar-refractivity contribution in [3.05, 3.63) is 18.0 Å². The van der Waals surface area contributed by atoms with Crippen molar-refractivity contribution in [2.75, 3.05) is 0 Å². The maximum Gasteiger partial charge on any atom is 0.111 e. The third kappa shape index (κ3) is 2.43. The molecular formula is C12H20N6. The van der Waals surface area contributed by atoms with E-state index in [9.17, 15) is 0 Å². The van der Waals surface area contributed by atoms with Gasteiger partial charge in [0.2, 0.25) is 0 Å². The average Bonchev–Trinajstić information content (AvgIpc) is 2.95. The normalized spacial score (nSPS) is 11.1. The van der Waals surface area contributed by atoms with Crippen LogP contribution in [-0.4, -0.2) is 24.8 Å². The van der Waals surface area contributed by atoms with Crippen LogP contribution in [0.15, 0.2) is 12.3 Å². The number of aromatic nitrogens is 5. The van der Waals surface area contributed by atoms with Crippen LogP contribution in [0.5, 0.6) is 0 Å². The number of rotatable bonds is 6. The van der Waals surface area contributed by atoms with E-state index >= 15 is 0 Å². The molecular weight excluding hydrogens is 228 g/mol. The van der Waals surface area contributed by atoms with Crippen molar-refractivity contribution in [3.63, 3.8) is 0 Å². The lowest BCUT2D eigenvalue weighted by Crippen LogP contribution is -2.07. The summed E-state index contributed by atoms with van der Waals surface area (Å²) in [6.07, 6.45) is 5.27. The fourth-order valence-electron chi connectivity index (χ4n) is 2.04. The Kier molecular flexibility index (Phi) is 4.09. The van der Waals surface area contributed by atoms with Crippen LogP contribution in [0.1, 0.15) is 31.9 Å². The minimum Gasteiger partial charge on any atom is -0.325 e. The Hall–Kier alpha value is -1.69. The zero-order valence-corrected chi connectivity index (χ0v) is 11.0. The summed E-state index contributed by atoms with van der Waals surface area (Å²) in [5.74, 6) is 0. The van der Waals surface area contributed by atoms with Crippen LogP contribution in [0.25, 0.3) is 11.4 Å². The molecule has 2 aromatic heterocycles. The first-order valence-electron chi connectivity index (χ1n) is 6.38. The highest BCUT2D eigenvalue weighted by Gasteiger charge is 2.16. The van der Waals surface area contributed by atoms with E-state index in [1.807, 2.05) is 22.5 Å². The standard InChI is InChI=1S/C12H20N6/c1-3-4-5-8-18-12(10(9-13)15-16-18)11-6-7-14-17(11)2/h6-7H,3-5,8-9,13H2,1-2H3. The van der Waals surface area contributed by atoms with Crippen molar-refractivity contribution in [1.82, 2.24) is 24.8 Å². The number of nitrogens with two attached hydrogens (primary N) is 1. The van der Waals surface area contributed by atoms with E-state index in [4.69, 9.17) is 5.73 Å². The minimum atomic E-state index is 0.397. The van der Waals surface area contributed by atoms with Gasteiger partial charge in [0.15, 0.2) is 0 Å². The summed E-state index contributed by atoms with van der Waals surface area (Å²) >= 11 is 0. The Labute approximate surface area is 107 Å². The third-order valence-corrected chi connectivity index (χ3v) is 3.04. The highest BCUT2D eigenvalue weighted by molar-refractivity contribution is 5.57. The Bertz CT molecular complexity index is 498. The van der Waals surface area contributed by atoms with Gasteiger partial charge in [-0.2, -0.15) is 5.10 Å². The fourth-order valence-corrected chi connectivity index (χ4v) is 2.04. The molecule has 0 aliphatic heterocycles. The van der Waals surface area contributed by atoms with Crippen LogP contribution < -0.4 is 5.73 Å². The molecule has 0 spiro atoms. The van der Waals surface area contributed by atoms with Crippen molar-refractivity contribution < 1.29 is 0 Å². The molecule has 2 N–H and O–H groups in total. The lowest BCUT2D eigenvalue weighted by Gasteiger charge is -2.07. The number of nitrogens with zero attached hydrogens (tertiary/aromatic N) is 5. The number of hydrogen-bond acceptors (Lipinski definition) is 4. The summed E-state index contributed by atoms with van der Waals surface area (Å²) in [5.41, 5.74) is 8.56. The van der Waals surface area contributed by atoms with Crippen molar-refractivity contribution in [2.45, 2.75) is 39.3 Å². The number of unbranched alkanes of at least 4 members (excludes halogenated alkanes) is 2. The first-order valence-corrected chi connectivity index (χ1v) is 6.38. The second kappa shape index (κ2) is 5.77. The molecule has 0 saturated heterocycles. The largest absolute Gasteiger partial charge is 0.325 e. The first kappa shape index (κ1) is 12.8. The van der Waals surface area contributed by atoms with Crippen molar-refractivity contribution in [2.24, 2.45) is 12.8 Å². The van der Waals surface area contributed by atoms with E-state index in [0.717, 1.165) is 30.0 Å². The Morgan fingerprint density at radius 3 is 2.78 bits per heavy atom.